The molecule has 0 aliphatic carbocycles. The van der Waals surface area contributed by atoms with Gasteiger partial charge in [0.15, 0.2) is 0 Å². The highest BCUT2D eigenvalue weighted by Crippen LogP contribution is 2.22. The largest absolute Gasteiger partial charge is 0.497 e. The van der Waals surface area contributed by atoms with E-state index in [1.165, 1.54) is 0 Å². The fourth-order valence-corrected chi connectivity index (χ4v) is 2.49. The Bertz CT molecular complexity index is 511. The summed E-state index contributed by atoms with van der Waals surface area (Å²) >= 11 is 0. The molecule has 1 atom stereocenters. The van der Waals surface area contributed by atoms with E-state index in [-0.39, 0.29) is 11.8 Å². The molecule has 0 saturated carbocycles. The third-order valence-corrected chi connectivity index (χ3v) is 3.55. The molecule has 2 amide bonds. The maximum absolute atomic E-state index is 12.7. The summed E-state index contributed by atoms with van der Waals surface area (Å²) in [6, 6.07) is 6.89. The van der Waals surface area contributed by atoms with E-state index in [0.29, 0.717) is 25.3 Å². The molecular formula is C16H22N2O3. The number of rotatable bonds is 4. The number of methoxy groups -OCH3 is 1. The predicted molar refractivity (Wildman–Crippen MR) is 81.3 cm³/mol. The zero-order valence-electron chi connectivity index (χ0n) is 12.8. The summed E-state index contributed by atoms with van der Waals surface area (Å²) < 4.78 is 5.13. The van der Waals surface area contributed by atoms with Crippen LogP contribution in [0.3, 0.4) is 0 Å². The number of carbonyl (C=O) groups is 2. The zero-order chi connectivity index (χ0) is 15.4. The minimum Gasteiger partial charge on any atom is -0.497 e. The Morgan fingerprint density at radius 2 is 1.95 bits per heavy atom. The van der Waals surface area contributed by atoms with Gasteiger partial charge in [-0.1, -0.05) is 13.8 Å². The first-order valence-corrected chi connectivity index (χ1v) is 7.26. The van der Waals surface area contributed by atoms with Crippen LogP contribution < -0.4 is 15.0 Å². The second kappa shape index (κ2) is 6.61. The number of nitrogens with one attached hydrogen (secondary N) is 1. The molecule has 5 heteroatoms. The van der Waals surface area contributed by atoms with Gasteiger partial charge in [-0.15, -0.1) is 0 Å². The fraction of sp³-hybridized carbons (Fsp3) is 0.500. The minimum absolute atomic E-state index is 0.0419. The number of amides is 2. The molecule has 2 rings (SSSR count). The molecular weight excluding hydrogens is 268 g/mol. The van der Waals surface area contributed by atoms with Gasteiger partial charge in [0.2, 0.25) is 11.8 Å². The van der Waals surface area contributed by atoms with Gasteiger partial charge in [0.05, 0.1) is 7.11 Å². The van der Waals surface area contributed by atoms with Crippen LogP contribution in [0.25, 0.3) is 0 Å². The average Bonchev–Trinajstić information content (AvgIpc) is 2.59. The van der Waals surface area contributed by atoms with Crippen molar-refractivity contribution in [1.29, 1.82) is 0 Å². The lowest BCUT2D eigenvalue weighted by atomic mass is 10.0. The summed E-state index contributed by atoms with van der Waals surface area (Å²) in [6.45, 7) is 4.50. The van der Waals surface area contributed by atoms with Gasteiger partial charge in [-0.3, -0.25) is 9.59 Å². The number of hydrogen-bond donors (Lipinski definition) is 1. The van der Waals surface area contributed by atoms with Crippen LogP contribution in [-0.4, -0.2) is 31.5 Å². The van der Waals surface area contributed by atoms with Crippen LogP contribution in [0.15, 0.2) is 24.3 Å². The van der Waals surface area contributed by atoms with Gasteiger partial charge in [0.1, 0.15) is 11.8 Å². The molecule has 0 spiro atoms. The smallest absolute Gasteiger partial charge is 0.249 e. The Hall–Kier alpha value is -2.04. The third kappa shape index (κ3) is 3.74. The molecule has 1 N–H and O–H groups in total. The van der Waals surface area contributed by atoms with E-state index in [1.807, 2.05) is 38.1 Å². The first-order valence-electron chi connectivity index (χ1n) is 7.26. The van der Waals surface area contributed by atoms with Crippen molar-refractivity contribution in [3.05, 3.63) is 24.3 Å². The molecule has 1 aromatic rings. The maximum Gasteiger partial charge on any atom is 0.249 e. The first kappa shape index (κ1) is 15.4. The number of benzene rings is 1. The highest BCUT2D eigenvalue weighted by Gasteiger charge is 2.30. The fourth-order valence-electron chi connectivity index (χ4n) is 2.49. The van der Waals surface area contributed by atoms with Crippen molar-refractivity contribution < 1.29 is 14.3 Å². The standard InChI is InChI=1S/C16H22N2O3/c1-11(2)10-14-16(20)18(9-8-15(19)17-14)12-4-6-13(21-3)7-5-12/h4-7,11,14H,8-10H2,1-3H3,(H,17,19). The van der Waals surface area contributed by atoms with Crippen LogP contribution in [0.5, 0.6) is 5.75 Å². The molecule has 1 heterocycles. The molecule has 0 bridgehead atoms. The lowest BCUT2D eigenvalue weighted by Gasteiger charge is -2.25. The SMILES string of the molecule is COc1ccc(N2CCC(=O)NC(CC(C)C)C2=O)cc1. The van der Waals surface area contributed by atoms with E-state index >= 15 is 0 Å². The molecule has 21 heavy (non-hydrogen) atoms. The number of anilines is 1. The Balaban J connectivity index is 2.23. The second-order valence-electron chi connectivity index (χ2n) is 5.69. The van der Waals surface area contributed by atoms with Gasteiger partial charge in [-0.25, -0.2) is 0 Å². The van der Waals surface area contributed by atoms with E-state index in [9.17, 15) is 9.59 Å². The molecule has 1 fully saturated rings. The normalized spacial score (nSPS) is 19.4. The van der Waals surface area contributed by atoms with E-state index in [1.54, 1.807) is 12.0 Å². The average molecular weight is 290 g/mol. The van der Waals surface area contributed by atoms with Gasteiger partial charge in [-0.2, -0.15) is 0 Å². The van der Waals surface area contributed by atoms with Crippen molar-refractivity contribution in [2.45, 2.75) is 32.7 Å². The van der Waals surface area contributed by atoms with Gasteiger partial charge >= 0.3 is 0 Å². The van der Waals surface area contributed by atoms with Crippen LogP contribution >= 0.6 is 0 Å². The van der Waals surface area contributed by atoms with Gasteiger partial charge in [-0.05, 0) is 36.6 Å². The van der Waals surface area contributed by atoms with E-state index in [4.69, 9.17) is 4.74 Å². The lowest BCUT2D eigenvalue weighted by Crippen LogP contribution is -2.45. The van der Waals surface area contributed by atoms with Crippen LogP contribution in [0.1, 0.15) is 26.7 Å². The molecule has 1 saturated heterocycles. The van der Waals surface area contributed by atoms with E-state index in [2.05, 4.69) is 5.32 Å². The van der Waals surface area contributed by atoms with Crippen molar-refractivity contribution in [2.75, 3.05) is 18.6 Å². The van der Waals surface area contributed by atoms with Crippen molar-refractivity contribution in [3.63, 3.8) is 0 Å². The molecule has 1 aliphatic rings. The quantitative estimate of drug-likeness (QED) is 0.922. The van der Waals surface area contributed by atoms with Crippen LogP contribution in [0, 0.1) is 5.92 Å². The molecule has 1 unspecified atom stereocenters. The first-order chi connectivity index (χ1) is 10.0. The van der Waals surface area contributed by atoms with Gasteiger partial charge < -0.3 is 15.0 Å². The topological polar surface area (TPSA) is 58.6 Å². The van der Waals surface area contributed by atoms with Crippen molar-refractivity contribution in [2.24, 2.45) is 5.92 Å². The minimum atomic E-state index is -0.442. The Labute approximate surface area is 125 Å². The molecule has 5 nitrogen and oxygen atoms in total. The summed E-state index contributed by atoms with van der Waals surface area (Å²) in [5.41, 5.74) is 0.797. The molecule has 1 aliphatic heterocycles. The molecule has 1 aromatic carbocycles. The third-order valence-electron chi connectivity index (χ3n) is 3.55. The highest BCUT2D eigenvalue weighted by atomic mass is 16.5. The van der Waals surface area contributed by atoms with E-state index in [0.717, 1.165) is 11.4 Å². The van der Waals surface area contributed by atoms with E-state index < -0.39 is 6.04 Å². The Morgan fingerprint density at radius 3 is 2.52 bits per heavy atom. The summed E-state index contributed by atoms with van der Waals surface area (Å²) in [7, 11) is 1.60. The van der Waals surface area contributed by atoms with Crippen LogP contribution in [0.2, 0.25) is 0 Å². The second-order valence-corrected chi connectivity index (χ2v) is 5.69. The lowest BCUT2D eigenvalue weighted by molar-refractivity contribution is -0.125. The Kier molecular flexibility index (Phi) is 4.83. The Morgan fingerprint density at radius 1 is 1.29 bits per heavy atom. The van der Waals surface area contributed by atoms with Crippen LogP contribution in [-0.2, 0) is 9.59 Å². The molecule has 0 radical (unpaired) electrons. The zero-order valence-corrected chi connectivity index (χ0v) is 12.8. The van der Waals surface area contributed by atoms with Gasteiger partial charge in [0, 0.05) is 18.7 Å². The summed E-state index contributed by atoms with van der Waals surface area (Å²) in [5.74, 6) is 0.980. The number of hydrogen-bond acceptors (Lipinski definition) is 3. The molecule has 0 aromatic heterocycles. The van der Waals surface area contributed by atoms with Crippen molar-refractivity contribution in [1.82, 2.24) is 5.32 Å². The predicted octanol–water partition coefficient (Wildman–Crippen LogP) is 1.96. The number of ether oxygens (including phenoxy) is 1. The highest BCUT2D eigenvalue weighted by molar-refractivity contribution is 6.01. The van der Waals surface area contributed by atoms with Crippen molar-refractivity contribution >= 4 is 17.5 Å². The maximum atomic E-state index is 12.7. The summed E-state index contributed by atoms with van der Waals surface area (Å²) in [6.07, 6.45) is 0.976. The number of carbonyl (C=O) groups excluding carboxylic acids is 2. The summed E-state index contributed by atoms with van der Waals surface area (Å²) in [4.78, 5) is 26.1. The van der Waals surface area contributed by atoms with Crippen LogP contribution in [0.4, 0.5) is 5.69 Å². The molecule has 114 valence electrons. The summed E-state index contributed by atoms with van der Waals surface area (Å²) in [5, 5.41) is 2.83. The monoisotopic (exact) mass is 290 g/mol. The van der Waals surface area contributed by atoms with Gasteiger partial charge in [0.25, 0.3) is 0 Å². The van der Waals surface area contributed by atoms with Crippen molar-refractivity contribution in [3.8, 4) is 5.75 Å². The number of nitrogens with zero attached hydrogens (tertiary/aromatic N) is 1.